The minimum atomic E-state index is -4.57. The van der Waals surface area contributed by atoms with E-state index in [0.29, 0.717) is 38.5 Å². The van der Waals surface area contributed by atoms with E-state index in [1.54, 1.807) is 0 Å². The number of hydrogen-bond donors (Lipinski definition) is 1. The lowest BCUT2D eigenvalue weighted by Crippen LogP contribution is -2.37. The number of carbonyl (C=O) groups is 1. The summed E-state index contributed by atoms with van der Waals surface area (Å²) in [6, 6.07) is 4.08. The maximum absolute atomic E-state index is 13.0. The number of nitrogens with zero attached hydrogens (tertiary/aromatic N) is 2. The van der Waals surface area contributed by atoms with Gasteiger partial charge in [-0.2, -0.15) is 13.2 Å². The average molecular weight is 460 g/mol. The fourth-order valence-electron chi connectivity index (χ4n) is 3.16. The number of benzene rings is 1. The zero-order valence-corrected chi connectivity index (χ0v) is 17.4. The number of methoxy groups -OCH3 is 1. The lowest BCUT2D eigenvalue weighted by Gasteiger charge is -2.27. The molecule has 1 aliphatic heterocycles. The van der Waals surface area contributed by atoms with Gasteiger partial charge >= 0.3 is 6.18 Å². The molecule has 0 spiro atoms. The number of aromatic nitrogens is 1. The van der Waals surface area contributed by atoms with E-state index in [2.05, 4.69) is 10.2 Å². The van der Waals surface area contributed by atoms with Crippen molar-refractivity contribution in [2.24, 2.45) is 0 Å². The summed E-state index contributed by atoms with van der Waals surface area (Å²) in [4.78, 5) is 26.9. The number of pyridine rings is 1. The second-order valence-corrected chi connectivity index (χ2v) is 7.36. The monoisotopic (exact) mass is 459 g/mol. The summed E-state index contributed by atoms with van der Waals surface area (Å²) in [5, 5.41) is 2.39. The highest BCUT2D eigenvalue weighted by atomic mass is 35.5. The van der Waals surface area contributed by atoms with Crippen LogP contribution in [-0.2, 0) is 28.8 Å². The number of rotatable bonds is 6. The highest BCUT2D eigenvalue weighted by Crippen LogP contribution is 2.33. The Kier molecular flexibility index (Phi) is 7.24. The Hall–Kier alpha value is -2.56. The molecule has 0 bridgehead atoms. The number of morpholine rings is 1. The third-order valence-corrected chi connectivity index (χ3v) is 5.10. The van der Waals surface area contributed by atoms with Crippen molar-refractivity contribution in [3.63, 3.8) is 0 Å². The van der Waals surface area contributed by atoms with Crippen molar-refractivity contribution >= 4 is 23.2 Å². The van der Waals surface area contributed by atoms with Gasteiger partial charge in [0.15, 0.2) is 5.75 Å². The lowest BCUT2D eigenvalue weighted by atomic mass is 10.2. The first-order valence-corrected chi connectivity index (χ1v) is 9.79. The van der Waals surface area contributed by atoms with E-state index in [1.807, 2.05) is 0 Å². The van der Waals surface area contributed by atoms with Crippen LogP contribution < -0.4 is 15.5 Å². The molecule has 11 heteroatoms. The van der Waals surface area contributed by atoms with Crippen LogP contribution in [-0.4, -0.2) is 48.8 Å². The van der Waals surface area contributed by atoms with E-state index in [1.165, 1.54) is 23.9 Å². The van der Waals surface area contributed by atoms with Gasteiger partial charge in [-0.25, -0.2) is 0 Å². The number of anilines is 1. The van der Waals surface area contributed by atoms with Crippen molar-refractivity contribution in [2.75, 3.05) is 38.7 Å². The van der Waals surface area contributed by atoms with E-state index < -0.39 is 17.6 Å². The van der Waals surface area contributed by atoms with E-state index >= 15 is 0 Å². The van der Waals surface area contributed by atoms with E-state index in [0.717, 1.165) is 18.2 Å². The Balaban J connectivity index is 1.82. The number of alkyl halides is 3. The van der Waals surface area contributed by atoms with Crippen LogP contribution in [0.25, 0.3) is 0 Å². The summed E-state index contributed by atoms with van der Waals surface area (Å²) in [6.45, 7) is 2.63. The van der Waals surface area contributed by atoms with Crippen LogP contribution in [0.15, 0.2) is 35.3 Å². The smallest absolute Gasteiger partial charge is 0.416 e. The number of carbonyl (C=O) groups excluding carboxylic acids is 1. The molecule has 0 unspecified atom stereocenters. The molecule has 1 N–H and O–H groups in total. The van der Waals surface area contributed by atoms with E-state index in [4.69, 9.17) is 21.1 Å². The number of amides is 1. The van der Waals surface area contributed by atoms with Crippen LogP contribution in [0, 0.1) is 0 Å². The molecule has 31 heavy (non-hydrogen) atoms. The maximum atomic E-state index is 13.0. The normalized spacial score (nSPS) is 15.0. The first-order chi connectivity index (χ1) is 14.7. The Morgan fingerprint density at radius 3 is 2.61 bits per heavy atom. The van der Waals surface area contributed by atoms with Gasteiger partial charge in [-0.3, -0.25) is 14.5 Å². The summed E-state index contributed by atoms with van der Waals surface area (Å²) in [5.74, 6) is -0.550. The third kappa shape index (κ3) is 5.99. The van der Waals surface area contributed by atoms with Crippen molar-refractivity contribution < 1.29 is 27.4 Å². The maximum Gasteiger partial charge on any atom is 0.416 e. The highest BCUT2D eigenvalue weighted by Gasteiger charge is 2.31. The molecular formula is C20H21ClF3N3O4. The lowest BCUT2D eigenvalue weighted by molar-refractivity contribution is -0.137. The molecule has 1 amide bonds. The molecule has 168 valence electrons. The van der Waals surface area contributed by atoms with Crippen molar-refractivity contribution in [1.82, 2.24) is 9.47 Å². The minimum Gasteiger partial charge on any atom is -0.491 e. The standard InChI is InChI=1S/C20H21ClF3N3O4/c1-30-18-11-27(14(9-17(18)28)10-26-4-6-31-7-5-26)12-19(29)25-16-8-13(20(22,23)24)2-3-15(16)21/h2-3,8-9,11H,4-7,10,12H2,1H3,(H,25,29). The van der Waals surface area contributed by atoms with Gasteiger partial charge in [-0.1, -0.05) is 11.6 Å². The van der Waals surface area contributed by atoms with Crippen LogP contribution in [0.1, 0.15) is 11.3 Å². The second-order valence-electron chi connectivity index (χ2n) is 6.95. The summed E-state index contributed by atoms with van der Waals surface area (Å²) >= 11 is 5.95. The van der Waals surface area contributed by atoms with E-state index in [9.17, 15) is 22.8 Å². The molecule has 7 nitrogen and oxygen atoms in total. The molecule has 0 radical (unpaired) electrons. The number of ether oxygens (including phenoxy) is 2. The van der Waals surface area contributed by atoms with Gasteiger partial charge in [0.2, 0.25) is 11.3 Å². The fraction of sp³-hybridized carbons (Fsp3) is 0.400. The summed E-state index contributed by atoms with van der Waals surface area (Å²) in [5.41, 5.74) is -0.837. The number of hydrogen-bond acceptors (Lipinski definition) is 5. The van der Waals surface area contributed by atoms with Gasteiger partial charge in [-0.05, 0) is 18.2 Å². The van der Waals surface area contributed by atoms with Crippen molar-refractivity contribution in [3.8, 4) is 5.75 Å². The van der Waals surface area contributed by atoms with Gasteiger partial charge in [0.1, 0.15) is 6.54 Å². The van der Waals surface area contributed by atoms with Crippen molar-refractivity contribution in [3.05, 3.63) is 57.0 Å². The molecule has 2 aromatic rings. The van der Waals surface area contributed by atoms with Crippen LogP contribution in [0.3, 0.4) is 0 Å². The van der Waals surface area contributed by atoms with Gasteiger partial charge in [0, 0.05) is 31.4 Å². The molecule has 1 aliphatic rings. The molecule has 1 aromatic carbocycles. The quantitative estimate of drug-likeness (QED) is 0.719. The molecule has 1 saturated heterocycles. The van der Waals surface area contributed by atoms with Crippen molar-refractivity contribution in [2.45, 2.75) is 19.3 Å². The topological polar surface area (TPSA) is 72.8 Å². The fourth-order valence-corrected chi connectivity index (χ4v) is 3.33. The second kappa shape index (κ2) is 9.71. The molecule has 2 heterocycles. The number of nitrogens with one attached hydrogen (secondary N) is 1. The predicted octanol–water partition coefficient (Wildman–Crippen LogP) is 3.00. The van der Waals surface area contributed by atoms with Gasteiger partial charge in [0.25, 0.3) is 0 Å². The van der Waals surface area contributed by atoms with Gasteiger partial charge in [0.05, 0.1) is 42.8 Å². The highest BCUT2D eigenvalue weighted by molar-refractivity contribution is 6.33. The minimum absolute atomic E-state index is 0.0209. The molecular weight excluding hydrogens is 439 g/mol. The predicted molar refractivity (Wildman–Crippen MR) is 108 cm³/mol. The summed E-state index contributed by atoms with van der Waals surface area (Å²) in [6.07, 6.45) is -3.16. The molecule has 3 rings (SSSR count). The first kappa shape index (κ1) is 23.1. The molecule has 0 atom stereocenters. The Bertz CT molecular complexity index is 1000. The van der Waals surface area contributed by atoms with Crippen LogP contribution in [0.2, 0.25) is 5.02 Å². The van der Waals surface area contributed by atoms with Gasteiger partial charge in [-0.15, -0.1) is 0 Å². The van der Waals surface area contributed by atoms with E-state index in [-0.39, 0.29) is 28.4 Å². The zero-order chi connectivity index (χ0) is 22.6. The molecule has 1 aromatic heterocycles. The SMILES string of the molecule is COc1cn(CC(=O)Nc2cc(C(F)(F)F)ccc2Cl)c(CN2CCOCC2)cc1=O. The van der Waals surface area contributed by atoms with Crippen molar-refractivity contribution in [1.29, 1.82) is 0 Å². The molecule has 0 saturated carbocycles. The van der Waals surface area contributed by atoms with Crippen LogP contribution >= 0.6 is 11.6 Å². The largest absolute Gasteiger partial charge is 0.491 e. The third-order valence-electron chi connectivity index (χ3n) is 4.77. The molecule has 0 aliphatic carbocycles. The Morgan fingerprint density at radius 1 is 1.26 bits per heavy atom. The summed E-state index contributed by atoms with van der Waals surface area (Å²) in [7, 11) is 1.34. The van der Waals surface area contributed by atoms with Crippen LogP contribution in [0.5, 0.6) is 5.75 Å². The number of halogens is 4. The zero-order valence-electron chi connectivity index (χ0n) is 16.7. The summed E-state index contributed by atoms with van der Waals surface area (Å²) < 4.78 is 50.8. The van der Waals surface area contributed by atoms with Gasteiger partial charge < -0.3 is 19.4 Å². The Labute approximate surface area is 181 Å². The molecule has 1 fully saturated rings. The van der Waals surface area contributed by atoms with Crippen LogP contribution in [0.4, 0.5) is 18.9 Å². The average Bonchev–Trinajstić information content (AvgIpc) is 2.71. The Morgan fingerprint density at radius 2 is 1.97 bits per heavy atom. The first-order valence-electron chi connectivity index (χ1n) is 9.41.